The summed E-state index contributed by atoms with van der Waals surface area (Å²) >= 11 is 0. The molecule has 1 rings (SSSR count). The Morgan fingerprint density at radius 3 is 1.44 bits per heavy atom. The van der Waals surface area contributed by atoms with Crippen LogP contribution < -0.4 is 5.32 Å². The Labute approximate surface area is 331 Å². The van der Waals surface area contributed by atoms with Gasteiger partial charge in [0.15, 0.2) is 6.29 Å². The van der Waals surface area contributed by atoms with E-state index in [1.165, 1.54) is 148 Å². The maximum absolute atomic E-state index is 12.9. The number of nitrogens with one attached hydrogen (secondary N) is 1. The lowest BCUT2D eigenvalue weighted by molar-refractivity contribution is -0.302. The first-order valence-electron chi connectivity index (χ1n) is 22.9. The molecule has 54 heavy (non-hydrogen) atoms. The molecular weight excluding hydrogens is 682 g/mol. The maximum atomic E-state index is 12.9. The highest BCUT2D eigenvalue weighted by Gasteiger charge is 2.44. The van der Waals surface area contributed by atoms with Crippen molar-refractivity contribution in [3.8, 4) is 0 Å². The molecule has 9 nitrogen and oxygen atoms in total. The number of amides is 1. The predicted molar refractivity (Wildman–Crippen MR) is 221 cm³/mol. The summed E-state index contributed by atoms with van der Waals surface area (Å²) in [6.07, 6.45) is 34.5. The average Bonchev–Trinajstić information content (AvgIpc) is 3.17. The third kappa shape index (κ3) is 26.7. The number of hydrogen-bond donors (Lipinski definition) is 6. The lowest BCUT2D eigenvalue weighted by Crippen LogP contribution is -2.60. The van der Waals surface area contributed by atoms with Gasteiger partial charge in [0.05, 0.1) is 25.4 Å². The van der Waals surface area contributed by atoms with Crippen LogP contribution in [0.5, 0.6) is 0 Å². The standard InChI is InChI=1S/C45H87NO8/c1-3-5-7-9-11-12-13-14-15-16-17-18-19-20-21-22-23-24-25-26-27-28-29-31-33-35-41(49)46-38(39(48)34-32-30-10-8-6-4-2)37-53-45-44(52)43(51)42(50)40(36-47)54-45/h32,34,38-40,42-45,47-48,50-52H,3-31,33,35-37H2,1-2H3,(H,46,49)/b34-32+. The van der Waals surface area contributed by atoms with Gasteiger partial charge in [0, 0.05) is 6.42 Å². The zero-order valence-electron chi connectivity index (χ0n) is 35.0. The summed E-state index contributed by atoms with van der Waals surface area (Å²) in [6.45, 7) is 3.70. The molecule has 1 fully saturated rings. The fourth-order valence-electron chi connectivity index (χ4n) is 7.39. The molecule has 1 aliphatic rings. The average molecular weight is 770 g/mol. The molecule has 1 heterocycles. The number of unbranched alkanes of at least 4 members (excludes halogenated alkanes) is 28. The molecular formula is C45H87NO8. The van der Waals surface area contributed by atoms with E-state index in [0.29, 0.717) is 6.42 Å². The van der Waals surface area contributed by atoms with Gasteiger partial charge in [-0.2, -0.15) is 0 Å². The minimum Gasteiger partial charge on any atom is -0.394 e. The van der Waals surface area contributed by atoms with Crippen LogP contribution in [0.15, 0.2) is 12.2 Å². The van der Waals surface area contributed by atoms with Gasteiger partial charge in [0.1, 0.15) is 24.4 Å². The molecule has 0 aromatic carbocycles. The molecule has 320 valence electrons. The minimum absolute atomic E-state index is 0.179. The topological polar surface area (TPSA) is 149 Å². The van der Waals surface area contributed by atoms with Crippen molar-refractivity contribution in [1.29, 1.82) is 0 Å². The summed E-state index contributed by atoms with van der Waals surface area (Å²) in [5.74, 6) is -0.179. The van der Waals surface area contributed by atoms with Crippen LogP contribution in [-0.2, 0) is 14.3 Å². The summed E-state index contributed by atoms with van der Waals surface area (Å²) in [5.41, 5.74) is 0. The van der Waals surface area contributed by atoms with Crippen LogP contribution in [-0.4, -0.2) is 87.5 Å². The molecule has 1 aliphatic heterocycles. The largest absolute Gasteiger partial charge is 0.394 e. The SMILES string of the molecule is CCCCCC/C=C/C(O)C(COC1OC(CO)C(O)C(O)C1O)NC(=O)CCCCCCCCCCCCCCCCCCCCCCCCCCC. The lowest BCUT2D eigenvalue weighted by atomic mass is 9.99. The number of hydrogen-bond acceptors (Lipinski definition) is 8. The molecule has 7 atom stereocenters. The highest BCUT2D eigenvalue weighted by molar-refractivity contribution is 5.76. The smallest absolute Gasteiger partial charge is 0.220 e. The number of carbonyl (C=O) groups is 1. The molecule has 0 radical (unpaired) electrons. The third-order valence-corrected chi connectivity index (χ3v) is 11.1. The van der Waals surface area contributed by atoms with Crippen molar-refractivity contribution in [1.82, 2.24) is 5.32 Å². The molecule has 1 amide bonds. The Bertz CT molecular complexity index is 858. The zero-order valence-corrected chi connectivity index (χ0v) is 35.0. The van der Waals surface area contributed by atoms with Crippen LogP contribution >= 0.6 is 0 Å². The van der Waals surface area contributed by atoms with Crippen molar-refractivity contribution in [2.24, 2.45) is 0 Å². The molecule has 7 unspecified atom stereocenters. The van der Waals surface area contributed by atoms with Crippen LogP contribution in [0.1, 0.15) is 213 Å². The first-order valence-corrected chi connectivity index (χ1v) is 22.9. The zero-order chi connectivity index (χ0) is 39.5. The normalized spacial score (nSPS) is 21.5. The van der Waals surface area contributed by atoms with Gasteiger partial charge in [-0.3, -0.25) is 4.79 Å². The molecule has 6 N–H and O–H groups in total. The van der Waals surface area contributed by atoms with Crippen LogP contribution in [0.2, 0.25) is 0 Å². The number of rotatable bonds is 38. The number of carbonyl (C=O) groups excluding carboxylic acids is 1. The monoisotopic (exact) mass is 770 g/mol. The fraction of sp³-hybridized carbons (Fsp3) is 0.933. The van der Waals surface area contributed by atoms with E-state index in [0.717, 1.165) is 44.9 Å². The van der Waals surface area contributed by atoms with E-state index >= 15 is 0 Å². The molecule has 1 saturated heterocycles. The number of aliphatic hydroxyl groups excluding tert-OH is 5. The van der Waals surface area contributed by atoms with Crippen LogP contribution in [0, 0.1) is 0 Å². The van der Waals surface area contributed by atoms with Crippen LogP contribution in [0.4, 0.5) is 0 Å². The number of aliphatic hydroxyl groups is 5. The van der Waals surface area contributed by atoms with Crippen LogP contribution in [0.25, 0.3) is 0 Å². The van der Waals surface area contributed by atoms with E-state index in [1.54, 1.807) is 6.08 Å². The third-order valence-electron chi connectivity index (χ3n) is 11.1. The number of ether oxygens (including phenoxy) is 2. The second kappa shape index (κ2) is 36.3. The molecule has 0 bridgehead atoms. The van der Waals surface area contributed by atoms with Gasteiger partial charge in [-0.05, 0) is 19.3 Å². The molecule has 0 aromatic rings. The Kier molecular flexibility index (Phi) is 34.2. The van der Waals surface area contributed by atoms with Gasteiger partial charge in [0.2, 0.25) is 5.91 Å². The van der Waals surface area contributed by atoms with Crippen molar-refractivity contribution >= 4 is 5.91 Å². The number of allylic oxidation sites excluding steroid dienone is 1. The van der Waals surface area contributed by atoms with Crippen molar-refractivity contribution in [2.45, 2.75) is 256 Å². The summed E-state index contributed by atoms with van der Waals surface area (Å²) in [4.78, 5) is 12.9. The summed E-state index contributed by atoms with van der Waals surface area (Å²) in [5, 5.41) is 53.8. The quantitative estimate of drug-likeness (QED) is 0.0269. The van der Waals surface area contributed by atoms with Crippen molar-refractivity contribution in [3.05, 3.63) is 12.2 Å². The van der Waals surface area contributed by atoms with E-state index in [-0.39, 0.29) is 12.5 Å². The van der Waals surface area contributed by atoms with Gasteiger partial charge in [-0.25, -0.2) is 0 Å². The second-order valence-corrected chi connectivity index (χ2v) is 16.2. The summed E-state index contributed by atoms with van der Waals surface area (Å²) in [7, 11) is 0. The van der Waals surface area contributed by atoms with Gasteiger partial charge in [-0.1, -0.05) is 199 Å². The first kappa shape index (κ1) is 50.9. The maximum Gasteiger partial charge on any atom is 0.220 e. The van der Waals surface area contributed by atoms with Gasteiger partial charge < -0.3 is 40.3 Å². The Balaban J connectivity index is 2.12. The molecule has 0 aliphatic carbocycles. The van der Waals surface area contributed by atoms with Gasteiger partial charge in [-0.15, -0.1) is 0 Å². The molecule has 0 spiro atoms. The Morgan fingerprint density at radius 2 is 1.02 bits per heavy atom. The second-order valence-electron chi connectivity index (χ2n) is 16.2. The summed E-state index contributed by atoms with van der Waals surface area (Å²) < 4.78 is 11.1. The first-order chi connectivity index (χ1) is 26.3. The minimum atomic E-state index is -1.56. The van der Waals surface area contributed by atoms with Gasteiger partial charge in [0.25, 0.3) is 0 Å². The predicted octanol–water partition coefficient (Wildman–Crippen LogP) is 9.34. The summed E-state index contributed by atoms with van der Waals surface area (Å²) in [6, 6.07) is -0.795. The van der Waals surface area contributed by atoms with E-state index in [9.17, 15) is 30.3 Å². The van der Waals surface area contributed by atoms with Gasteiger partial charge >= 0.3 is 0 Å². The van der Waals surface area contributed by atoms with E-state index in [4.69, 9.17) is 9.47 Å². The van der Waals surface area contributed by atoms with Crippen LogP contribution in [0.3, 0.4) is 0 Å². The molecule has 0 aromatic heterocycles. The highest BCUT2D eigenvalue weighted by Crippen LogP contribution is 2.23. The lowest BCUT2D eigenvalue weighted by Gasteiger charge is -2.40. The van der Waals surface area contributed by atoms with Crippen molar-refractivity contribution < 1.29 is 39.8 Å². The van der Waals surface area contributed by atoms with E-state index < -0.39 is 49.5 Å². The highest BCUT2D eigenvalue weighted by atomic mass is 16.7. The van der Waals surface area contributed by atoms with E-state index in [1.807, 2.05) is 6.08 Å². The fourth-order valence-corrected chi connectivity index (χ4v) is 7.39. The molecule has 0 saturated carbocycles. The van der Waals surface area contributed by atoms with E-state index in [2.05, 4.69) is 19.2 Å². The molecule has 9 heteroatoms. The van der Waals surface area contributed by atoms with Crippen molar-refractivity contribution in [3.63, 3.8) is 0 Å². The van der Waals surface area contributed by atoms with Crippen molar-refractivity contribution in [2.75, 3.05) is 13.2 Å². The Hall–Kier alpha value is -1.07. The Morgan fingerprint density at radius 1 is 0.611 bits per heavy atom.